The zero-order chi connectivity index (χ0) is 22.2. The Bertz CT molecular complexity index is 1040. The molecule has 9 nitrogen and oxygen atoms in total. The van der Waals surface area contributed by atoms with Crippen LogP contribution in [-0.2, 0) is 7.05 Å². The average Bonchev–Trinajstić information content (AvgIpc) is 3.13. The first-order valence-electron chi connectivity index (χ1n) is 9.78. The van der Waals surface area contributed by atoms with E-state index in [9.17, 15) is 18.0 Å². The predicted molar refractivity (Wildman–Crippen MR) is 104 cm³/mol. The zero-order valence-corrected chi connectivity index (χ0v) is 16.7. The van der Waals surface area contributed by atoms with Crippen LogP contribution in [0, 0.1) is 12.3 Å². The molecule has 0 saturated heterocycles. The molecule has 2 aromatic rings. The quantitative estimate of drug-likeness (QED) is 0.654. The molecular formula is C19H21F3N8O. The zero-order valence-electron chi connectivity index (χ0n) is 16.7. The highest BCUT2D eigenvalue weighted by molar-refractivity contribution is 5.93. The Hall–Kier alpha value is -3.36. The number of aromatic nitrogens is 4. The molecule has 2 aromatic heterocycles. The second kappa shape index (κ2) is 7.72. The Kier molecular flexibility index (Phi) is 5.20. The van der Waals surface area contributed by atoms with Gasteiger partial charge in [0, 0.05) is 57.1 Å². The SMILES string of the molecule is C#CCCC1(CCNC(=O)c2cc3n(n2)[C@@H](C(F)(F)F)C[C@@H](c2cnn(C)c2)N3)N=N1. The number of carbonyl (C=O) groups is 1. The lowest BCUT2D eigenvalue weighted by Gasteiger charge is -2.32. The molecule has 0 spiro atoms. The molecule has 2 N–H and O–H groups in total. The second-order valence-corrected chi connectivity index (χ2v) is 7.69. The fourth-order valence-electron chi connectivity index (χ4n) is 3.66. The average molecular weight is 434 g/mol. The molecule has 0 radical (unpaired) electrons. The van der Waals surface area contributed by atoms with Gasteiger partial charge in [-0.25, -0.2) is 4.68 Å². The van der Waals surface area contributed by atoms with E-state index in [2.05, 4.69) is 37.0 Å². The number of nitrogens with zero attached hydrogens (tertiary/aromatic N) is 6. The highest BCUT2D eigenvalue weighted by Crippen LogP contribution is 2.43. The number of alkyl halides is 3. The smallest absolute Gasteiger partial charge is 0.363 e. The summed E-state index contributed by atoms with van der Waals surface area (Å²) >= 11 is 0. The van der Waals surface area contributed by atoms with Gasteiger partial charge in [0.2, 0.25) is 0 Å². The van der Waals surface area contributed by atoms with E-state index < -0.39 is 29.8 Å². The van der Waals surface area contributed by atoms with Gasteiger partial charge in [0.25, 0.3) is 5.91 Å². The van der Waals surface area contributed by atoms with Crippen molar-refractivity contribution in [2.45, 2.75) is 49.6 Å². The van der Waals surface area contributed by atoms with Crippen LogP contribution in [0.15, 0.2) is 28.7 Å². The first kappa shape index (κ1) is 20.9. The van der Waals surface area contributed by atoms with Gasteiger partial charge < -0.3 is 10.6 Å². The van der Waals surface area contributed by atoms with E-state index >= 15 is 0 Å². The van der Waals surface area contributed by atoms with Gasteiger partial charge >= 0.3 is 6.18 Å². The molecular weight excluding hydrogens is 413 g/mol. The number of halogens is 3. The van der Waals surface area contributed by atoms with Gasteiger partial charge in [-0.3, -0.25) is 9.48 Å². The molecule has 2 atom stereocenters. The molecule has 1 amide bonds. The largest absolute Gasteiger partial charge is 0.410 e. The van der Waals surface area contributed by atoms with Gasteiger partial charge in [-0.05, 0) is 0 Å². The van der Waals surface area contributed by atoms with Crippen molar-refractivity contribution in [1.29, 1.82) is 0 Å². The molecule has 0 saturated carbocycles. The summed E-state index contributed by atoms with van der Waals surface area (Å²) in [5.74, 6) is 2.10. The highest BCUT2D eigenvalue weighted by Gasteiger charge is 2.47. The van der Waals surface area contributed by atoms with E-state index in [1.54, 1.807) is 13.2 Å². The van der Waals surface area contributed by atoms with Gasteiger partial charge in [-0.1, -0.05) is 0 Å². The van der Waals surface area contributed by atoms with Crippen LogP contribution in [0.4, 0.5) is 19.0 Å². The summed E-state index contributed by atoms with van der Waals surface area (Å²) in [5.41, 5.74) is -0.0113. The fourth-order valence-corrected chi connectivity index (χ4v) is 3.66. The fraction of sp³-hybridized carbons (Fsp3) is 0.526. The Balaban J connectivity index is 1.46. The number of carbonyl (C=O) groups excluding carboxylic acids is 1. The monoisotopic (exact) mass is 434 g/mol. The van der Waals surface area contributed by atoms with Gasteiger partial charge in [-0.15, -0.1) is 12.3 Å². The molecule has 0 aromatic carbocycles. The summed E-state index contributed by atoms with van der Waals surface area (Å²) in [5, 5.41) is 21.6. The van der Waals surface area contributed by atoms with Crippen LogP contribution in [0.1, 0.15) is 53.8 Å². The molecule has 2 aliphatic heterocycles. The van der Waals surface area contributed by atoms with Crippen LogP contribution in [-0.4, -0.2) is 43.9 Å². The predicted octanol–water partition coefficient (Wildman–Crippen LogP) is 2.97. The normalized spacial score (nSPS) is 21.1. The van der Waals surface area contributed by atoms with Crippen molar-refractivity contribution in [3.05, 3.63) is 29.7 Å². The highest BCUT2D eigenvalue weighted by atomic mass is 19.4. The number of rotatable bonds is 7. The molecule has 4 heterocycles. The van der Waals surface area contributed by atoms with Crippen LogP contribution >= 0.6 is 0 Å². The van der Waals surface area contributed by atoms with Gasteiger partial charge in [0.05, 0.1) is 12.2 Å². The summed E-state index contributed by atoms with van der Waals surface area (Å²) in [6.45, 7) is 0.257. The van der Waals surface area contributed by atoms with E-state index in [-0.39, 0.29) is 24.5 Å². The maximum atomic E-state index is 13.7. The topological polar surface area (TPSA) is 101 Å². The molecule has 0 aliphatic carbocycles. The van der Waals surface area contributed by atoms with Gasteiger partial charge in [0.15, 0.2) is 17.4 Å². The molecule has 0 fully saturated rings. The van der Waals surface area contributed by atoms with Crippen LogP contribution in [0.2, 0.25) is 0 Å². The Morgan fingerprint density at radius 1 is 1.42 bits per heavy atom. The van der Waals surface area contributed by atoms with E-state index in [4.69, 9.17) is 6.42 Å². The maximum absolute atomic E-state index is 13.7. The first-order valence-corrected chi connectivity index (χ1v) is 9.78. The summed E-state index contributed by atoms with van der Waals surface area (Å²) in [6, 6.07) is -1.13. The van der Waals surface area contributed by atoms with Crippen LogP contribution < -0.4 is 10.6 Å². The summed E-state index contributed by atoms with van der Waals surface area (Å²) < 4.78 is 43.5. The molecule has 31 heavy (non-hydrogen) atoms. The van der Waals surface area contributed by atoms with E-state index in [0.29, 0.717) is 24.8 Å². The third-order valence-electron chi connectivity index (χ3n) is 5.41. The van der Waals surface area contributed by atoms with Crippen molar-refractivity contribution in [3.8, 4) is 12.3 Å². The van der Waals surface area contributed by atoms with E-state index in [0.717, 1.165) is 4.68 Å². The van der Waals surface area contributed by atoms with Gasteiger partial charge in [-0.2, -0.15) is 33.6 Å². The Labute approximate surface area is 176 Å². The number of amides is 1. The second-order valence-electron chi connectivity index (χ2n) is 7.69. The lowest BCUT2D eigenvalue weighted by Crippen LogP contribution is -2.35. The van der Waals surface area contributed by atoms with Gasteiger partial charge in [0.1, 0.15) is 5.82 Å². The molecule has 0 bridgehead atoms. The number of nitrogens with one attached hydrogen (secondary N) is 2. The van der Waals surface area contributed by atoms with Crippen LogP contribution in [0.25, 0.3) is 0 Å². The molecule has 2 aliphatic rings. The van der Waals surface area contributed by atoms with Crippen molar-refractivity contribution >= 4 is 11.7 Å². The lowest BCUT2D eigenvalue weighted by molar-refractivity contribution is -0.173. The summed E-state index contributed by atoms with van der Waals surface area (Å²) in [6.07, 6.45) is 5.26. The number of terminal acetylenes is 1. The number of aryl methyl sites for hydroxylation is 1. The number of hydrogen-bond donors (Lipinski definition) is 2. The number of fused-ring (bicyclic) bond motifs is 1. The maximum Gasteiger partial charge on any atom is 0.410 e. The van der Waals surface area contributed by atoms with Crippen molar-refractivity contribution in [2.75, 3.05) is 11.9 Å². The number of hydrogen-bond acceptors (Lipinski definition) is 6. The minimum atomic E-state index is -4.52. The molecule has 0 unspecified atom stereocenters. The van der Waals surface area contributed by atoms with Crippen molar-refractivity contribution in [2.24, 2.45) is 17.3 Å². The van der Waals surface area contributed by atoms with Crippen LogP contribution in [0.3, 0.4) is 0 Å². The third kappa shape index (κ3) is 4.40. The summed E-state index contributed by atoms with van der Waals surface area (Å²) in [4.78, 5) is 12.5. The van der Waals surface area contributed by atoms with Crippen molar-refractivity contribution in [1.82, 2.24) is 24.9 Å². The Morgan fingerprint density at radius 2 is 2.19 bits per heavy atom. The Morgan fingerprint density at radius 3 is 2.81 bits per heavy atom. The van der Waals surface area contributed by atoms with Crippen LogP contribution in [0.5, 0.6) is 0 Å². The van der Waals surface area contributed by atoms with Crippen molar-refractivity contribution < 1.29 is 18.0 Å². The van der Waals surface area contributed by atoms with Crippen molar-refractivity contribution in [3.63, 3.8) is 0 Å². The minimum absolute atomic E-state index is 0.0917. The van der Waals surface area contributed by atoms with E-state index in [1.165, 1.54) is 16.9 Å². The van der Waals surface area contributed by atoms with E-state index in [1.807, 2.05) is 0 Å². The molecule has 164 valence electrons. The first-order chi connectivity index (χ1) is 14.7. The number of anilines is 1. The molecule has 12 heteroatoms. The lowest BCUT2D eigenvalue weighted by atomic mass is 9.99. The summed E-state index contributed by atoms with van der Waals surface area (Å²) in [7, 11) is 1.69. The minimum Gasteiger partial charge on any atom is -0.363 e. The third-order valence-corrected chi connectivity index (χ3v) is 5.41. The molecule has 4 rings (SSSR count). The standard InChI is InChI=1S/C19H21F3N8O/c1-3-4-5-18(27-28-18)6-7-23-17(31)14-9-16-25-13(12-10-24-29(2)11-12)8-15(19(20,21)22)30(16)26-14/h1,9-11,13,15,25H,4-8H2,2H3,(H,23,31)/t13-,15+/m0/s1.